The number of hydrogen-bond donors (Lipinski definition) is 1. The predicted molar refractivity (Wildman–Crippen MR) is 27.2 cm³/mol. The molecule has 1 atom stereocenters. The van der Waals surface area contributed by atoms with Crippen molar-refractivity contribution in [2.75, 3.05) is 6.79 Å². The molecule has 0 spiro atoms. The minimum absolute atomic E-state index is 0.275. The molecule has 1 aliphatic heterocycles. The second kappa shape index (κ2) is 2.61. The minimum Gasteiger partial charge on any atom is -0.461 e. The Morgan fingerprint density at radius 2 is 2.18 bits per heavy atom. The van der Waals surface area contributed by atoms with Gasteiger partial charge in [0.1, 0.15) is 6.26 Å². The summed E-state index contributed by atoms with van der Waals surface area (Å²) >= 11 is 0. The first-order valence-corrected chi connectivity index (χ1v) is 2.71. The highest BCUT2D eigenvalue weighted by Gasteiger charge is 2.43. The van der Waals surface area contributed by atoms with Crippen LogP contribution in [-0.2, 0) is 9.47 Å². The highest BCUT2D eigenvalue weighted by molar-refractivity contribution is 5.01. The zero-order valence-electron chi connectivity index (χ0n) is 5.26. The maximum atomic E-state index is 11.7. The van der Waals surface area contributed by atoms with Gasteiger partial charge in [-0.1, -0.05) is 0 Å². The zero-order valence-corrected chi connectivity index (χ0v) is 5.26. The fraction of sp³-hybridized carbons (Fsp3) is 0.600. The van der Waals surface area contributed by atoms with Crippen LogP contribution in [0.1, 0.15) is 0 Å². The Morgan fingerprint density at radius 3 is 2.55 bits per heavy atom. The average molecular weight is 170 g/mol. The molecule has 1 rings (SSSR count). The van der Waals surface area contributed by atoms with E-state index in [1.165, 1.54) is 0 Å². The summed E-state index contributed by atoms with van der Waals surface area (Å²) in [7, 11) is 0. The van der Waals surface area contributed by atoms with E-state index in [1.54, 1.807) is 0 Å². The maximum Gasteiger partial charge on any atom is 0.421 e. The van der Waals surface area contributed by atoms with Crippen LogP contribution in [0.25, 0.3) is 0 Å². The first kappa shape index (κ1) is 8.19. The highest BCUT2D eigenvalue weighted by atomic mass is 19.4. The molecule has 6 heteroatoms. The Balaban J connectivity index is 2.60. The third-order valence-electron chi connectivity index (χ3n) is 1.07. The quantitative estimate of drug-likeness (QED) is 0.631. The molecule has 0 aliphatic carbocycles. The second-order valence-electron chi connectivity index (χ2n) is 1.89. The molecule has 1 unspecified atom stereocenters. The molecule has 3 nitrogen and oxygen atoms in total. The molecule has 0 aromatic rings. The fourth-order valence-corrected chi connectivity index (χ4v) is 0.557. The van der Waals surface area contributed by atoms with Gasteiger partial charge in [-0.15, -0.1) is 0 Å². The van der Waals surface area contributed by atoms with E-state index < -0.39 is 18.0 Å². The largest absolute Gasteiger partial charge is 0.461 e. The standard InChI is InChI=1S/C5H5F3O3/c6-5(7,8)4(9)3-1-10-2-11-3/h1,4,9H,2H2. The normalized spacial score (nSPS) is 20.2. The van der Waals surface area contributed by atoms with Gasteiger partial charge in [0.25, 0.3) is 0 Å². The number of aliphatic hydroxyl groups excluding tert-OH is 1. The number of rotatable bonds is 1. The van der Waals surface area contributed by atoms with Crippen LogP contribution in [0.4, 0.5) is 13.2 Å². The van der Waals surface area contributed by atoms with E-state index in [0.29, 0.717) is 0 Å². The minimum atomic E-state index is -4.69. The van der Waals surface area contributed by atoms with E-state index in [0.717, 1.165) is 6.26 Å². The summed E-state index contributed by atoms with van der Waals surface area (Å²) in [5.74, 6) is -0.600. The molecule has 0 aromatic heterocycles. The molecule has 64 valence electrons. The van der Waals surface area contributed by atoms with Crippen LogP contribution in [0.5, 0.6) is 0 Å². The first-order valence-electron chi connectivity index (χ1n) is 2.71. The van der Waals surface area contributed by atoms with Crippen molar-refractivity contribution in [1.82, 2.24) is 0 Å². The molecule has 0 bridgehead atoms. The highest BCUT2D eigenvalue weighted by Crippen LogP contribution is 2.27. The van der Waals surface area contributed by atoms with E-state index in [2.05, 4.69) is 9.47 Å². The van der Waals surface area contributed by atoms with E-state index in [9.17, 15) is 13.2 Å². The summed E-state index contributed by atoms with van der Waals surface area (Å²) in [6, 6.07) is 0. The number of hydrogen-bond acceptors (Lipinski definition) is 3. The number of alkyl halides is 3. The van der Waals surface area contributed by atoms with Crippen molar-refractivity contribution in [1.29, 1.82) is 0 Å². The first-order chi connectivity index (χ1) is 5.02. The van der Waals surface area contributed by atoms with Gasteiger partial charge in [0, 0.05) is 0 Å². The average Bonchev–Trinajstić information content (AvgIpc) is 2.34. The summed E-state index contributed by atoms with van der Waals surface area (Å²) in [6.45, 7) is -0.275. The van der Waals surface area contributed by atoms with Gasteiger partial charge in [0.05, 0.1) is 0 Å². The lowest BCUT2D eigenvalue weighted by Gasteiger charge is -2.13. The van der Waals surface area contributed by atoms with E-state index >= 15 is 0 Å². The topological polar surface area (TPSA) is 38.7 Å². The van der Waals surface area contributed by atoms with Crippen LogP contribution in [0.15, 0.2) is 12.0 Å². The lowest BCUT2D eigenvalue weighted by Crippen LogP contribution is -2.30. The van der Waals surface area contributed by atoms with Gasteiger partial charge in [0.2, 0.25) is 12.9 Å². The predicted octanol–water partition coefficient (Wildman–Crippen LogP) is 0.755. The Labute approximate surface area is 60.0 Å². The van der Waals surface area contributed by atoms with Gasteiger partial charge in [-0.3, -0.25) is 0 Å². The molecule has 0 radical (unpaired) electrons. The third kappa shape index (κ3) is 1.76. The van der Waals surface area contributed by atoms with Crippen LogP contribution in [-0.4, -0.2) is 24.2 Å². The SMILES string of the molecule is OC(C1=COCO1)C(F)(F)F. The van der Waals surface area contributed by atoms with Crippen molar-refractivity contribution in [2.24, 2.45) is 0 Å². The van der Waals surface area contributed by atoms with E-state index in [4.69, 9.17) is 5.11 Å². The number of aliphatic hydroxyl groups is 1. The number of ether oxygens (including phenoxy) is 2. The zero-order chi connectivity index (χ0) is 8.48. The van der Waals surface area contributed by atoms with Gasteiger partial charge in [-0.2, -0.15) is 13.2 Å². The van der Waals surface area contributed by atoms with Crippen molar-refractivity contribution in [2.45, 2.75) is 12.3 Å². The molecule has 0 aromatic carbocycles. The third-order valence-corrected chi connectivity index (χ3v) is 1.07. The van der Waals surface area contributed by atoms with Crippen LogP contribution in [0, 0.1) is 0 Å². The molecular formula is C5H5F3O3. The summed E-state index contributed by atoms with van der Waals surface area (Å²) in [5.41, 5.74) is 0. The fourth-order valence-electron chi connectivity index (χ4n) is 0.557. The van der Waals surface area contributed by atoms with Gasteiger partial charge in [0.15, 0.2) is 5.76 Å². The van der Waals surface area contributed by atoms with Crippen LogP contribution >= 0.6 is 0 Å². The Kier molecular flexibility index (Phi) is 1.95. The molecule has 0 saturated carbocycles. The van der Waals surface area contributed by atoms with Crippen molar-refractivity contribution in [3.8, 4) is 0 Å². The monoisotopic (exact) mass is 170 g/mol. The van der Waals surface area contributed by atoms with Crippen molar-refractivity contribution in [3.63, 3.8) is 0 Å². The van der Waals surface area contributed by atoms with Crippen molar-refractivity contribution in [3.05, 3.63) is 12.0 Å². The maximum absolute atomic E-state index is 11.7. The van der Waals surface area contributed by atoms with Crippen LogP contribution in [0.2, 0.25) is 0 Å². The summed E-state index contributed by atoms with van der Waals surface area (Å²) in [5, 5.41) is 8.49. The van der Waals surface area contributed by atoms with Crippen molar-refractivity contribution >= 4 is 0 Å². The molecule has 0 fully saturated rings. The van der Waals surface area contributed by atoms with Crippen LogP contribution in [0.3, 0.4) is 0 Å². The molecule has 1 heterocycles. The Hall–Kier alpha value is -0.910. The van der Waals surface area contributed by atoms with Gasteiger partial charge < -0.3 is 14.6 Å². The van der Waals surface area contributed by atoms with Gasteiger partial charge in [-0.05, 0) is 0 Å². The Morgan fingerprint density at radius 1 is 1.55 bits per heavy atom. The molecule has 0 saturated heterocycles. The van der Waals surface area contributed by atoms with Gasteiger partial charge >= 0.3 is 6.18 Å². The summed E-state index contributed by atoms with van der Waals surface area (Å²) in [4.78, 5) is 0. The lowest BCUT2D eigenvalue weighted by molar-refractivity contribution is -0.201. The van der Waals surface area contributed by atoms with E-state index in [-0.39, 0.29) is 6.79 Å². The smallest absolute Gasteiger partial charge is 0.421 e. The Bertz CT molecular complexity index is 174. The summed E-state index contributed by atoms with van der Waals surface area (Å²) < 4.78 is 43.7. The summed E-state index contributed by atoms with van der Waals surface area (Å²) in [6.07, 6.45) is -6.53. The van der Waals surface area contributed by atoms with Gasteiger partial charge in [-0.25, -0.2) is 0 Å². The molecular weight excluding hydrogens is 165 g/mol. The molecule has 11 heavy (non-hydrogen) atoms. The second-order valence-corrected chi connectivity index (χ2v) is 1.89. The molecule has 1 aliphatic rings. The molecule has 1 N–H and O–H groups in total. The molecule has 0 amide bonds. The van der Waals surface area contributed by atoms with Crippen LogP contribution < -0.4 is 0 Å². The van der Waals surface area contributed by atoms with Crippen molar-refractivity contribution < 1.29 is 27.8 Å². The van der Waals surface area contributed by atoms with E-state index in [1.807, 2.05) is 0 Å². The lowest BCUT2D eigenvalue weighted by atomic mass is 10.3. The number of halogens is 3.